The minimum absolute atomic E-state index is 0.0343. The zero-order valence-electron chi connectivity index (χ0n) is 10.8. The average molecular weight is 288 g/mol. The first-order valence-electron chi connectivity index (χ1n) is 6.24. The maximum atomic E-state index is 12.1. The zero-order valence-corrected chi connectivity index (χ0v) is 10.8. The molecule has 1 atom stereocenters. The summed E-state index contributed by atoms with van der Waals surface area (Å²) < 4.78 is 5.55. The number of aromatic hydroxyl groups is 2. The third-order valence-electron chi connectivity index (χ3n) is 3.28. The topological polar surface area (TPSA) is 111 Å². The second-order valence-electron chi connectivity index (χ2n) is 4.80. The minimum atomic E-state index is -0.927. The van der Waals surface area contributed by atoms with Crippen molar-refractivity contribution in [3.05, 3.63) is 51.9 Å². The van der Waals surface area contributed by atoms with E-state index in [-0.39, 0.29) is 40.8 Å². The van der Waals surface area contributed by atoms with Crippen molar-refractivity contribution in [2.45, 2.75) is 12.5 Å². The number of phenols is 2. The predicted octanol–water partition coefficient (Wildman–Crippen LogP) is 1.53. The third-order valence-corrected chi connectivity index (χ3v) is 3.28. The quantitative estimate of drug-likeness (QED) is 0.592. The molecule has 108 valence electrons. The lowest BCUT2D eigenvalue weighted by atomic mass is 9.99. The van der Waals surface area contributed by atoms with Gasteiger partial charge in [0.2, 0.25) is 0 Å². The minimum Gasteiger partial charge on any atom is -0.507 e. The Morgan fingerprint density at radius 1 is 1.10 bits per heavy atom. The van der Waals surface area contributed by atoms with Gasteiger partial charge in [0.05, 0.1) is 6.10 Å². The molecule has 1 aromatic heterocycles. The molecule has 0 saturated heterocycles. The van der Waals surface area contributed by atoms with Crippen LogP contribution in [0.3, 0.4) is 0 Å². The molecule has 1 aliphatic rings. The van der Waals surface area contributed by atoms with Gasteiger partial charge in [0.1, 0.15) is 22.8 Å². The van der Waals surface area contributed by atoms with Crippen LogP contribution in [0.4, 0.5) is 0 Å². The molecule has 0 fully saturated rings. The fourth-order valence-corrected chi connectivity index (χ4v) is 2.29. The Morgan fingerprint density at radius 2 is 1.86 bits per heavy atom. The van der Waals surface area contributed by atoms with Crippen molar-refractivity contribution in [3.63, 3.8) is 0 Å². The molecule has 1 aromatic carbocycles. The molecule has 6 heteroatoms. The van der Waals surface area contributed by atoms with Crippen LogP contribution in [0.2, 0.25) is 0 Å². The van der Waals surface area contributed by atoms with Crippen LogP contribution >= 0.6 is 0 Å². The molecule has 0 amide bonds. The Morgan fingerprint density at radius 3 is 2.57 bits per heavy atom. The Balaban J connectivity index is 2.17. The van der Waals surface area contributed by atoms with Gasteiger partial charge in [-0.2, -0.15) is 0 Å². The summed E-state index contributed by atoms with van der Waals surface area (Å²) >= 11 is 0. The van der Waals surface area contributed by atoms with Gasteiger partial charge in [-0.3, -0.25) is 4.79 Å². The smallest absolute Gasteiger partial charge is 0.196 e. The number of benzene rings is 1. The molecule has 0 spiro atoms. The highest BCUT2D eigenvalue weighted by Crippen LogP contribution is 2.32. The number of aliphatic hydroxyl groups excluding tert-OH is 2. The van der Waals surface area contributed by atoms with E-state index in [9.17, 15) is 25.2 Å². The second-order valence-corrected chi connectivity index (χ2v) is 4.80. The number of phenolic OH excluding ortho intramolecular Hbond substituents is 2. The summed E-state index contributed by atoms with van der Waals surface area (Å²) in [5, 5.41) is 38.1. The van der Waals surface area contributed by atoms with Gasteiger partial charge in [0.25, 0.3) is 0 Å². The van der Waals surface area contributed by atoms with Crippen molar-refractivity contribution in [3.8, 4) is 22.8 Å². The third kappa shape index (κ3) is 2.25. The predicted molar refractivity (Wildman–Crippen MR) is 74.1 cm³/mol. The van der Waals surface area contributed by atoms with Crippen LogP contribution in [0.15, 0.2) is 39.6 Å². The van der Waals surface area contributed by atoms with E-state index >= 15 is 0 Å². The number of fused-ring (bicyclic) bond motifs is 1. The molecule has 3 rings (SSSR count). The van der Waals surface area contributed by atoms with Gasteiger partial charge in [-0.1, -0.05) is 0 Å². The Hall–Kier alpha value is -2.73. The largest absolute Gasteiger partial charge is 0.507 e. The monoisotopic (exact) mass is 288 g/mol. The van der Waals surface area contributed by atoms with E-state index in [1.54, 1.807) is 0 Å². The standard InChI is InChI=1S/C15H12O6/c16-8-4-11(19)15-12(20)6-13(21-14(15)5-8)7-1-2-9(17)10(18)3-7/h1-4,6,8,16-19H,5H2. The molecule has 1 heterocycles. The Labute approximate surface area is 118 Å². The first-order valence-corrected chi connectivity index (χ1v) is 6.24. The molecule has 0 radical (unpaired) electrons. The van der Waals surface area contributed by atoms with Gasteiger partial charge in [-0.05, 0) is 24.3 Å². The first kappa shape index (κ1) is 13.3. The maximum Gasteiger partial charge on any atom is 0.196 e. The van der Waals surface area contributed by atoms with E-state index < -0.39 is 11.5 Å². The lowest BCUT2D eigenvalue weighted by Crippen LogP contribution is -2.21. The normalized spacial score (nSPS) is 17.2. The number of hydrogen-bond donors (Lipinski definition) is 4. The fourth-order valence-electron chi connectivity index (χ4n) is 2.29. The summed E-state index contributed by atoms with van der Waals surface area (Å²) in [6.07, 6.45) is 0.335. The summed E-state index contributed by atoms with van der Waals surface area (Å²) in [6.45, 7) is 0. The summed E-state index contributed by atoms with van der Waals surface area (Å²) in [5.74, 6) is -0.572. The molecular formula is C15H12O6. The molecule has 1 unspecified atom stereocenters. The van der Waals surface area contributed by atoms with E-state index in [2.05, 4.69) is 0 Å². The van der Waals surface area contributed by atoms with Crippen molar-refractivity contribution in [2.75, 3.05) is 0 Å². The van der Waals surface area contributed by atoms with Crippen molar-refractivity contribution in [1.29, 1.82) is 0 Å². The van der Waals surface area contributed by atoms with Crippen LogP contribution in [0.25, 0.3) is 17.1 Å². The highest BCUT2D eigenvalue weighted by atomic mass is 16.3. The van der Waals surface area contributed by atoms with E-state index in [0.29, 0.717) is 5.56 Å². The summed E-state index contributed by atoms with van der Waals surface area (Å²) in [6, 6.07) is 5.20. The molecular weight excluding hydrogens is 276 g/mol. The molecule has 0 aliphatic heterocycles. The molecule has 6 nitrogen and oxygen atoms in total. The average Bonchev–Trinajstić information content (AvgIpc) is 2.40. The Kier molecular flexibility index (Phi) is 2.95. The van der Waals surface area contributed by atoms with Gasteiger partial charge < -0.3 is 24.8 Å². The van der Waals surface area contributed by atoms with Crippen molar-refractivity contribution in [1.82, 2.24) is 0 Å². The molecule has 4 N–H and O–H groups in total. The van der Waals surface area contributed by atoms with E-state index in [4.69, 9.17) is 4.42 Å². The SMILES string of the molecule is O=c1cc(-c2ccc(O)c(O)c2)oc2c1C(O)=CC(O)C2. The Bertz CT molecular complexity index is 802. The second kappa shape index (κ2) is 4.68. The van der Waals surface area contributed by atoms with Crippen LogP contribution < -0.4 is 5.43 Å². The van der Waals surface area contributed by atoms with Crippen molar-refractivity contribution < 1.29 is 24.8 Å². The molecule has 2 aromatic rings. The van der Waals surface area contributed by atoms with E-state index in [1.807, 2.05) is 0 Å². The van der Waals surface area contributed by atoms with Crippen LogP contribution in [-0.2, 0) is 6.42 Å². The van der Waals surface area contributed by atoms with Gasteiger partial charge in [-0.15, -0.1) is 0 Å². The first-order chi connectivity index (χ1) is 9.95. The summed E-state index contributed by atoms with van der Waals surface area (Å²) in [4.78, 5) is 12.1. The fraction of sp³-hybridized carbons (Fsp3) is 0.133. The molecule has 0 saturated carbocycles. The van der Waals surface area contributed by atoms with E-state index in [1.165, 1.54) is 30.3 Å². The summed E-state index contributed by atoms with van der Waals surface area (Å²) in [5.41, 5.74) is -0.0137. The number of rotatable bonds is 1. The van der Waals surface area contributed by atoms with Crippen LogP contribution in [-0.4, -0.2) is 26.5 Å². The van der Waals surface area contributed by atoms with Gasteiger partial charge in [0.15, 0.2) is 16.9 Å². The highest BCUT2D eigenvalue weighted by molar-refractivity contribution is 5.67. The van der Waals surface area contributed by atoms with Crippen LogP contribution in [0, 0.1) is 0 Å². The van der Waals surface area contributed by atoms with Gasteiger partial charge in [0, 0.05) is 18.1 Å². The van der Waals surface area contributed by atoms with Gasteiger partial charge in [-0.25, -0.2) is 0 Å². The highest BCUT2D eigenvalue weighted by Gasteiger charge is 2.24. The lowest BCUT2D eigenvalue weighted by Gasteiger charge is -2.16. The van der Waals surface area contributed by atoms with Gasteiger partial charge >= 0.3 is 0 Å². The van der Waals surface area contributed by atoms with Crippen molar-refractivity contribution in [2.24, 2.45) is 0 Å². The number of aliphatic hydroxyl groups is 2. The number of hydrogen-bond acceptors (Lipinski definition) is 6. The maximum absolute atomic E-state index is 12.1. The summed E-state index contributed by atoms with van der Waals surface area (Å²) in [7, 11) is 0. The van der Waals surface area contributed by atoms with Crippen LogP contribution in [0.1, 0.15) is 11.3 Å². The zero-order chi connectivity index (χ0) is 15.1. The van der Waals surface area contributed by atoms with E-state index in [0.717, 1.165) is 0 Å². The molecule has 21 heavy (non-hydrogen) atoms. The van der Waals surface area contributed by atoms with Crippen LogP contribution in [0.5, 0.6) is 11.5 Å². The lowest BCUT2D eigenvalue weighted by molar-refractivity contribution is 0.208. The molecule has 0 bridgehead atoms. The molecule has 1 aliphatic carbocycles. The van der Waals surface area contributed by atoms with Crippen molar-refractivity contribution >= 4 is 5.76 Å².